The van der Waals surface area contributed by atoms with Crippen LogP contribution in [0.25, 0.3) is 0 Å². The average Bonchev–Trinajstić information content (AvgIpc) is 2.53. The molecule has 0 saturated carbocycles. The normalized spacial score (nSPS) is 19.0. The summed E-state index contributed by atoms with van der Waals surface area (Å²) in [7, 11) is 1.35. The van der Waals surface area contributed by atoms with Crippen LogP contribution in [0.2, 0.25) is 0 Å². The van der Waals surface area contributed by atoms with Crippen molar-refractivity contribution in [2.45, 2.75) is 12.5 Å². The molecule has 1 aliphatic rings. The molecule has 1 saturated heterocycles. The predicted molar refractivity (Wildman–Crippen MR) is 77.9 cm³/mol. The van der Waals surface area contributed by atoms with Crippen molar-refractivity contribution in [1.29, 1.82) is 0 Å². The molecule has 1 atom stereocenters. The number of rotatable bonds is 5. The lowest BCUT2D eigenvalue weighted by Crippen LogP contribution is -2.47. The highest BCUT2D eigenvalue weighted by molar-refractivity contribution is 5.90. The molecule has 0 spiro atoms. The molecular weight excluding hydrogens is 272 g/mol. The first-order valence-corrected chi connectivity index (χ1v) is 6.95. The minimum atomic E-state index is -0.555. The molecule has 1 aliphatic heterocycles. The number of methoxy groups -OCH3 is 1. The quantitative estimate of drug-likeness (QED) is 0.816. The summed E-state index contributed by atoms with van der Waals surface area (Å²) in [5.74, 6) is -0.407. The number of hydrogen-bond donors (Lipinski definition) is 1. The van der Waals surface area contributed by atoms with Gasteiger partial charge in [-0.25, -0.2) is 4.79 Å². The summed E-state index contributed by atoms with van der Waals surface area (Å²) in [5.41, 5.74) is 0.789. The number of carbonyl (C=O) groups excluding carboxylic acids is 2. The van der Waals surface area contributed by atoms with E-state index < -0.39 is 6.10 Å². The van der Waals surface area contributed by atoms with Crippen LogP contribution in [0, 0.1) is 0 Å². The zero-order valence-electron chi connectivity index (χ0n) is 12.1. The Bertz CT molecular complexity index is 478. The topological polar surface area (TPSA) is 67.9 Å². The lowest BCUT2D eigenvalue weighted by molar-refractivity contribution is -0.159. The summed E-state index contributed by atoms with van der Waals surface area (Å²) in [6.45, 7) is 2.24. The van der Waals surface area contributed by atoms with Crippen molar-refractivity contribution in [3.8, 4) is 0 Å². The molecule has 1 aromatic carbocycles. The summed E-state index contributed by atoms with van der Waals surface area (Å²) in [6, 6.07) is 9.34. The Kier molecular flexibility index (Phi) is 5.71. The zero-order valence-corrected chi connectivity index (χ0v) is 12.1. The Morgan fingerprint density at radius 2 is 2.14 bits per heavy atom. The van der Waals surface area contributed by atoms with E-state index in [0.29, 0.717) is 32.7 Å². The maximum atomic E-state index is 11.9. The van der Waals surface area contributed by atoms with E-state index in [-0.39, 0.29) is 11.9 Å². The maximum Gasteiger partial charge on any atom is 0.336 e. The van der Waals surface area contributed by atoms with Crippen LogP contribution in [0.3, 0.4) is 0 Å². The van der Waals surface area contributed by atoms with Gasteiger partial charge in [0.2, 0.25) is 5.91 Å². The average molecular weight is 292 g/mol. The van der Waals surface area contributed by atoms with Crippen LogP contribution in [0.5, 0.6) is 0 Å². The molecule has 6 heteroatoms. The number of morpholine rings is 1. The number of nitrogens with zero attached hydrogens (tertiary/aromatic N) is 1. The van der Waals surface area contributed by atoms with Crippen LogP contribution in [0.15, 0.2) is 30.3 Å². The van der Waals surface area contributed by atoms with Gasteiger partial charge >= 0.3 is 5.97 Å². The largest absolute Gasteiger partial charge is 0.467 e. The molecule has 0 aliphatic carbocycles. The third-order valence-corrected chi connectivity index (χ3v) is 3.33. The molecule has 0 bridgehead atoms. The van der Waals surface area contributed by atoms with Gasteiger partial charge in [0, 0.05) is 31.7 Å². The van der Waals surface area contributed by atoms with Crippen LogP contribution < -0.4 is 5.32 Å². The minimum Gasteiger partial charge on any atom is -0.467 e. The van der Waals surface area contributed by atoms with E-state index in [0.717, 1.165) is 5.69 Å². The van der Waals surface area contributed by atoms with Crippen molar-refractivity contribution < 1.29 is 19.1 Å². The molecule has 21 heavy (non-hydrogen) atoms. The van der Waals surface area contributed by atoms with Crippen molar-refractivity contribution in [3.05, 3.63) is 30.3 Å². The second kappa shape index (κ2) is 7.75. The second-order valence-corrected chi connectivity index (χ2v) is 4.85. The molecule has 1 amide bonds. The van der Waals surface area contributed by atoms with Gasteiger partial charge in [0.25, 0.3) is 0 Å². The molecule has 0 radical (unpaired) electrons. The maximum absolute atomic E-state index is 11.9. The second-order valence-electron chi connectivity index (χ2n) is 4.85. The smallest absolute Gasteiger partial charge is 0.336 e. The summed E-state index contributed by atoms with van der Waals surface area (Å²) in [5, 5.41) is 2.84. The fourth-order valence-electron chi connectivity index (χ4n) is 2.18. The Morgan fingerprint density at radius 3 is 2.86 bits per heavy atom. The van der Waals surface area contributed by atoms with Crippen LogP contribution in [-0.4, -0.2) is 56.2 Å². The highest BCUT2D eigenvalue weighted by atomic mass is 16.6. The van der Waals surface area contributed by atoms with Crippen LogP contribution in [-0.2, 0) is 19.1 Å². The first kappa shape index (κ1) is 15.5. The van der Waals surface area contributed by atoms with Crippen LogP contribution in [0.1, 0.15) is 6.42 Å². The van der Waals surface area contributed by atoms with Crippen molar-refractivity contribution in [2.75, 3.05) is 38.7 Å². The molecule has 1 aromatic rings. The van der Waals surface area contributed by atoms with Crippen molar-refractivity contribution in [2.24, 2.45) is 0 Å². The number of amides is 1. The molecule has 2 rings (SSSR count). The van der Waals surface area contributed by atoms with Gasteiger partial charge in [-0.15, -0.1) is 0 Å². The molecule has 1 N–H and O–H groups in total. The van der Waals surface area contributed by atoms with E-state index in [4.69, 9.17) is 4.74 Å². The molecule has 0 aromatic heterocycles. The van der Waals surface area contributed by atoms with E-state index in [1.54, 1.807) is 0 Å². The predicted octanol–water partition coefficient (Wildman–Crippen LogP) is 0.889. The summed E-state index contributed by atoms with van der Waals surface area (Å²) in [4.78, 5) is 25.3. The lowest BCUT2D eigenvalue weighted by atomic mass is 10.2. The van der Waals surface area contributed by atoms with Gasteiger partial charge in [-0.2, -0.15) is 0 Å². The SMILES string of the molecule is COC(=O)C1CN(CCC(=O)Nc2ccccc2)CCO1. The number of ether oxygens (including phenoxy) is 2. The van der Waals surface area contributed by atoms with Crippen LogP contribution in [0.4, 0.5) is 5.69 Å². The Hall–Kier alpha value is -1.92. The number of carbonyl (C=O) groups is 2. The monoisotopic (exact) mass is 292 g/mol. The Labute approximate surface area is 124 Å². The van der Waals surface area contributed by atoms with Gasteiger partial charge in [-0.1, -0.05) is 18.2 Å². The molecular formula is C15H20N2O4. The number of anilines is 1. The van der Waals surface area contributed by atoms with E-state index >= 15 is 0 Å². The number of esters is 1. The van der Waals surface area contributed by atoms with E-state index in [1.807, 2.05) is 35.2 Å². The molecule has 1 unspecified atom stereocenters. The first-order valence-electron chi connectivity index (χ1n) is 6.95. The third-order valence-electron chi connectivity index (χ3n) is 3.33. The fourth-order valence-corrected chi connectivity index (χ4v) is 2.18. The van der Waals surface area contributed by atoms with Gasteiger partial charge in [0.15, 0.2) is 6.10 Å². The standard InChI is InChI=1S/C15H20N2O4/c1-20-15(19)13-11-17(9-10-21-13)8-7-14(18)16-12-5-3-2-4-6-12/h2-6,13H,7-11H2,1H3,(H,16,18). The van der Waals surface area contributed by atoms with E-state index in [9.17, 15) is 9.59 Å². The Morgan fingerprint density at radius 1 is 1.38 bits per heavy atom. The summed E-state index contributed by atoms with van der Waals surface area (Å²) >= 11 is 0. The van der Waals surface area contributed by atoms with E-state index in [2.05, 4.69) is 10.1 Å². The number of benzene rings is 1. The van der Waals surface area contributed by atoms with Crippen molar-refractivity contribution >= 4 is 17.6 Å². The summed E-state index contributed by atoms with van der Waals surface area (Å²) in [6.07, 6.45) is -0.177. The molecule has 1 fully saturated rings. The first-order chi connectivity index (χ1) is 10.2. The Balaban J connectivity index is 1.75. The van der Waals surface area contributed by atoms with Crippen LogP contribution >= 0.6 is 0 Å². The minimum absolute atomic E-state index is 0.0395. The highest BCUT2D eigenvalue weighted by Gasteiger charge is 2.27. The van der Waals surface area contributed by atoms with Gasteiger partial charge < -0.3 is 14.8 Å². The number of nitrogens with one attached hydrogen (secondary N) is 1. The van der Waals surface area contributed by atoms with Gasteiger partial charge in [-0.3, -0.25) is 9.69 Å². The molecule has 114 valence electrons. The molecule has 1 heterocycles. The number of hydrogen-bond acceptors (Lipinski definition) is 5. The summed E-state index contributed by atoms with van der Waals surface area (Å²) < 4.78 is 10.0. The van der Waals surface area contributed by atoms with Gasteiger partial charge in [0.1, 0.15) is 0 Å². The third kappa shape index (κ3) is 4.84. The van der Waals surface area contributed by atoms with Crippen molar-refractivity contribution in [3.63, 3.8) is 0 Å². The highest BCUT2D eigenvalue weighted by Crippen LogP contribution is 2.09. The number of para-hydroxylation sites is 1. The van der Waals surface area contributed by atoms with Gasteiger partial charge in [-0.05, 0) is 12.1 Å². The lowest BCUT2D eigenvalue weighted by Gasteiger charge is -2.31. The molecule has 6 nitrogen and oxygen atoms in total. The van der Waals surface area contributed by atoms with E-state index in [1.165, 1.54) is 7.11 Å². The fraction of sp³-hybridized carbons (Fsp3) is 0.467. The zero-order chi connectivity index (χ0) is 15.1. The van der Waals surface area contributed by atoms with Gasteiger partial charge in [0.05, 0.1) is 13.7 Å². The van der Waals surface area contributed by atoms with Crippen molar-refractivity contribution in [1.82, 2.24) is 4.90 Å².